The fourth-order valence-corrected chi connectivity index (χ4v) is 3.51. The summed E-state index contributed by atoms with van der Waals surface area (Å²) in [5.41, 5.74) is 5.84. The number of amides is 1. The smallest absolute Gasteiger partial charge is 0.240 e. The number of nitrogens with one attached hydrogen (secondary N) is 1. The minimum Gasteiger partial charge on any atom is -0.357 e. The minimum absolute atomic E-state index is 0.0949. The van der Waals surface area contributed by atoms with Crippen LogP contribution < -0.4 is 11.1 Å². The van der Waals surface area contributed by atoms with Crippen molar-refractivity contribution in [2.75, 3.05) is 13.1 Å². The second-order valence-corrected chi connectivity index (χ2v) is 7.73. The van der Waals surface area contributed by atoms with Gasteiger partial charge in [-0.05, 0) is 31.6 Å². The van der Waals surface area contributed by atoms with E-state index in [4.69, 9.17) is 10.5 Å². The van der Waals surface area contributed by atoms with E-state index in [9.17, 15) is 4.79 Å². The maximum absolute atomic E-state index is 12.6. The third-order valence-corrected chi connectivity index (χ3v) is 5.45. The Hall–Kier alpha value is -0.910. The van der Waals surface area contributed by atoms with E-state index in [0.717, 1.165) is 32.4 Å². The van der Waals surface area contributed by atoms with E-state index >= 15 is 0 Å². The fraction of sp³-hybridized carbons (Fsp3) is 0.833. The Morgan fingerprint density at radius 2 is 2.22 bits per heavy atom. The van der Waals surface area contributed by atoms with Crippen LogP contribution in [0.4, 0.5) is 0 Å². The highest BCUT2D eigenvalue weighted by Gasteiger charge is 2.56. The number of carbonyl (C=O) groups excluding carboxylic acids is 1. The molecule has 2 aliphatic carbocycles. The average molecular weight is 321 g/mol. The zero-order valence-corrected chi connectivity index (χ0v) is 14.5. The van der Waals surface area contributed by atoms with E-state index in [1.54, 1.807) is 0 Å². The maximum Gasteiger partial charge on any atom is 0.240 e. The minimum atomic E-state index is -0.394. The molecule has 23 heavy (non-hydrogen) atoms. The zero-order chi connectivity index (χ0) is 16.6. The van der Waals surface area contributed by atoms with Crippen LogP contribution in [0.5, 0.6) is 0 Å². The highest BCUT2D eigenvalue weighted by atomic mass is 16.5. The van der Waals surface area contributed by atoms with E-state index < -0.39 is 6.04 Å². The van der Waals surface area contributed by atoms with Crippen molar-refractivity contribution in [1.82, 2.24) is 10.2 Å². The topological polar surface area (TPSA) is 67.6 Å². The average Bonchev–Trinajstić information content (AvgIpc) is 3.43. The zero-order valence-electron chi connectivity index (χ0n) is 14.5. The van der Waals surface area contributed by atoms with Crippen LogP contribution >= 0.6 is 0 Å². The molecule has 0 spiro atoms. The summed E-state index contributed by atoms with van der Waals surface area (Å²) in [5, 5.41) is 3.61. The predicted octanol–water partition coefficient (Wildman–Crippen LogP) is 1.63. The molecule has 1 saturated heterocycles. The lowest BCUT2D eigenvalue weighted by Crippen LogP contribution is -2.52. The predicted molar refractivity (Wildman–Crippen MR) is 90.7 cm³/mol. The van der Waals surface area contributed by atoms with Crippen molar-refractivity contribution in [1.29, 1.82) is 0 Å². The van der Waals surface area contributed by atoms with Gasteiger partial charge in [0.1, 0.15) is 5.72 Å². The number of likely N-dealkylation sites (tertiary alicyclic amines) is 1. The van der Waals surface area contributed by atoms with Crippen LogP contribution in [0.15, 0.2) is 12.7 Å². The van der Waals surface area contributed by atoms with E-state index in [1.807, 2.05) is 24.8 Å². The molecule has 0 radical (unpaired) electrons. The van der Waals surface area contributed by atoms with Crippen LogP contribution in [0.3, 0.4) is 0 Å². The van der Waals surface area contributed by atoms with E-state index in [2.05, 4.69) is 11.9 Å². The molecule has 3 N–H and O–H groups in total. The molecule has 0 bridgehead atoms. The summed E-state index contributed by atoms with van der Waals surface area (Å²) in [6.07, 6.45) is 7.85. The summed E-state index contributed by atoms with van der Waals surface area (Å²) in [6, 6.07) is -0.160. The van der Waals surface area contributed by atoms with Gasteiger partial charge in [0.25, 0.3) is 0 Å². The molecule has 2 saturated carbocycles. The molecule has 0 aromatic carbocycles. The van der Waals surface area contributed by atoms with Crippen molar-refractivity contribution in [2.24, 2.45) is 17.6 Å². The number of carbonyl (C=O) groups is 1. The maximum atomic E-state index is 12.6. The quantitative estimate of drug-likeness (QED) is 0.527. The molecule has 4 atom stereocenters. The summed E-state index contributed by atoms with van der Waals surface area (Å²) in [4.78, 5) is 14.6. The second-order valence-electron chi connectivity index (χ2n) is 7.73. The number of rotatable bonds is 8. The van der Waals surface area contributed by atoms with E-state index in [1.165, 1.54) is 12.8 Å². The molecule has 4 unspecified atom stereocenters. The molecular weight excluding hydrogens is 290 g/mol. The van der Waals surface area contributed by atoms with Gasteiger partial charge in [0.05, 0.1) is 12.1 Å². The number of ether oxygens (including phenoxy) is 1. The molecule has 1 aliphatic heterocycles. The molecule has 5 heteroatoms. The third-order valence-electron chi connectivity index (χ3n) is 5.45. The standard InChI is InChI=1S/C18H31N3O2/c1-4-13-10-18(13,23-15-7-8-15)20-11-14-6-5-9-21(14)17(22)16(19)12(2)3/h4,12-16,20H,1,5-11,19H2,2-3H3. The van der Waals surface area contributed by atoms with Crippen molar-refractivity contribution in [3.05, 3.63) is 12.7 Å². The summed E-state index contributed by atoms with van der Waals surface area (Å²) < 4.78 is 6.19. The first kappa shape index (κ1) is 16.9. The van der Waals surface area contributed by atoms with Crippen molar-refractivity contribution < 1.29 is 9.53 Å². The monoisotopic (exact) mass is 321 g/mol. The Bertz CT molecular complexity index is 463. The second kappa shape index (κ2) is 6.54. The summed E-state index contributed by atoms with van der Waals surface area (Å²) in [7, 11) is 0. The molecule has 0 aromatic heterocycles. The number of nitrogens with two attached hydrogens (primary N) is 1. The number of hydrogen-bond donors (Lipinski definition) is 2. The lowest BCUT2D eigenvalue weighted by molar-refractivity contribution is -0.134. The van der Waals surface area contributed by atoms with Gasteiger partial charge in [0, 0.05) is 31.5 Å². The normalized spacial score (nSPS) is 34.7. The SMILES string of the molecule is C=CC1CC1(NCC1CCCN1C(=O)C(N)C(C)C)OC1CC1. The Balaban J connectivity index is 1.56. The van der Waals surface area contributed by atoms with Crippen molar-refractivity contribution in [2.45, 2.75) is 69.9 Å². The van der Waals surface area contributed by atoms with Gasteiger partial charge in [0.2, 0.25) is 5.91 Å². The summed E-state index contributed by atoms with van der Waals surface area (Å²) in [5.74, 6) is 0.666. The molecule has 5 nitrogen and oxygen atoms in total. The van der Waals surface area contributed by atoms with Gasteiger partial charge in [-0.1, -0.05) is 19.9 Å². The lowest BCUT2D eigenvalue weighted by Gasteiger charge is -2.30. The van der Waals surface area contributed by atoms with Gasteiger partial charge in [-0.25, -0.2) is 0 Å². The molecule has 1 amide bonds. The van der Waals surface area contributed by atoms with Crippen molar-refractivity contribution in [3.63, 3.8) is 0 Å². The number of nitrogens with zero attached hydrogens (tertiary/aromatic N) is 1. The molecule has 130 valence electrons. The largest absolute Gasteiger partial charge is 0.357 e. The molecule has 3 rings (SSSR count). The van der Waals surface area contributed by atoms with Crippen LogP contribution in [0.1, 0.15) is 46.0 Å². The first-order valence-corrected chi connectivity index (χ1v) is 9.08. The molecule has 0 aromatic rings. The highest BCUT2D eigenvalue weighted by Crippen LogP contribution is 2.48. The first-order valence-electron chi connectivity index (χ1n) is 9.08. The lowest BCUT2D eigenvalue weighted by atomic mass is 10.0. The van der Waals surface area contributed by atoms with Gasteiger partial charge < -0.3 is 15.4 Å². The van der Waals surface area contributed by atoms with Gasteiger partial charge in [-0.15, -0.1) is 6.58 Å². The van der Waals surface area contributed by atoms with Crippen molar-refractivity contribution >= 4 is 5.91 Å². The Labute approximate surface area is 139 Å². The van der Waals surface area contributed by atoms with E-state index in [0.29, 0.717) is 12.0 Å². The Morgan fingerprint density at radius 1 is 1.48 bits per heavy atom. The van der Waals surface area contributed by atoms with Gasteiger partial charge in [-0.2, -0.15) is 0 Å². The fourth-order valence-electron chi connectivity index (χ4n) is 3.51. The molecule has 3 fully saturated rings. The Kier molecular flexibility index (Phi) is 4.81. The van der Waals surface area contributed by atoms with Crippen LogP contribution in [0.2, 0.25) is 0 Å². The van der Waals surface area contributed by atoms with Crippen LogP contribution in [0, 0.1) is 11.8 Å². The van der Waals surface area contributed by atoms with E-state index in [-0.39, 0.29) is 23.6 Å². The first-order chi connectivity index (χ1) is 11.0. The van der Waals surface area contributed by atoms with Gasteiger partial charge >= 0.3 is 0 Å². The van der Waals surface area contributed by atoms with Gasteiger partial charge in [0.15, 0.2) is 0 Å². The van der Waals surface area contributed by atoms with Crippen LogP contribution in [-0.2, 0) is 9.53 Å². The third kappa shape index (κ3) is 3.62. The molecule has 3 aliphatic rings. The summed E-state index contributed by atoms with van der Waals surface area (Å²) in [6.45, 7) is 9.53. The highest BCUT2D eigenvalue weighted by molar-refractivity contribution is 5.82. The van der Waals surface area contributed by atoms with Crippen LogP contribution in [-0.4, -0.2) is 47.8 Å². The van der Waals surface area contributed by atoms with Crippen molar-refractivity contribution in [3.8, 4) is 0 Å². The Morgan fingerprint density at radius 3 is 2.78 bits per heavy atom. The molecular formula is C18H31N3O2. The summed E-state index contributed by atoms with van der Waals surface area (Å²) >= 11 is 0. The van der Waals surface area contributed by atoms with Crippen LogP contribution in [0.25, 0.3) is 0 Å². The van der Waals surface area contributed by atoms with Gasteiger partial charge in [-0.3, -0.25) is 10.1 Å². The molecule has 1 heterocycles. The number of hydrogen-bond acceptors (Lipinski definition) is 4.